The van der Waals surface area contributed by atoms with E-state index in [0.717, 1.165) is 5.69 Å². The van der Waals surface area contributed by atoms with Crippen LogP contribution in [0.2, 0.25) is 0 Å². The number of carbonyl (C=O) groups is 2. The van der Waals surface area contributed by atoms with Crippen molar-refractivity contribution in [2.75, 3.05) is 24.8 Å². The highest BCUT2D eigenvalue weighted by Crippen LogP contribution is 2.36. The first-order valence-corrected chi connectivity index (χ1v) is 7.75. The molecule has 1 atom stereocenters. The van der Waals surface area contributed by atoms with Crippen molar-refractivity contribution in [1.82, 2.24) is 10.2 Å². The number of hydrogen-bond donors (Lipinski definition) is 1. The average Bonchev–Trinajstić information content (AvgIpc) is 2.96. The van der Waals surface area contributed by atoms with Gasteiger partial charge in [0.1, 0.15) is 6.04 Å². The first kappa shape index (κ1) is 15.5. The summed E-state index contributed by atoms with van der Waals surface area (Å²) in [6.45, 7) is 6.68. The average molecular weight is 319 g/mol. The largest absolute Gasteiger partial charge is 0.454 e. The zero-order chi connectivity index (χ0) is 16.6. The van der Waals surface area contributed by atoms with E-state index < -0.39 is 6.04 Å². The summed E-state index contributed by atoms with van der Waals surface area (Å²) < 4.78 is 10.6. The monoisotopic (exact) mass is 319 g/mol. The Morgan fingerprint density at radius 1 is 1.26 bits per heavy atom. The van der Waals surface area contributed by atoms with Gasteiger partial charge in [0.15, 0.2) is 11.5 Å². The minimum absolute atomic E-state index is 0.0386. The van der Waals surface area contributed by atoms with Gasteiger partial charge < -0.3 is 24.6 Å². The van der Waals surface area contributed by atoms with Gasteiger partial charge in [0.05, 0.1) is 0 Å². The second-order valence-corrected chi connectivity index (χ2v) is 6.00. The summed E-state index contributed by atoms with van der Waals surface area (Å²) in [5.41, 5.74) is 0.759. The number of nitrogens with one attached hydrogen (secondary N) is 1. The van der Waals surface area contributed by atoms with Crippen molar-refractivity contribution in [3.05, 3.63) is 18.2 Å². The lowest BCUT2D eigenvalue weighted by Crippen LogP contribution is -2.60. The summed E-state index contributed by atoms with van der Waals surface area (Å²) in [4.78, 5) is 28.1. The van der Waals surface area contributed by atoms with Gasteiger partial charge in [-0.05, 0) is 32.9 Å². The van der Waals surface area contributed by atoms with E-state index >= 15 is 0 Å². The van der Waals surface area contributed by atoms with Gasteiger partial charge in [0.25, 0.3) is 0 Å². The Bertz CT molecular complexity index is 632. The van der Waals surface area contributed by atoms with Crippen LogP contribution in [0, 0.1) is 0 Å². The molecule has 0 bridgehead atoms. The van der Waals surface area contributed by atoms with Crippen molar-refractivity contribution in [2.45, 2.75) is 32.9 Å². The Labute approximate surface area is 135 Å². The lowest BCUT2D eigenvalue weighted by Gasteiger charge is -2.39. The van der Waals surface area contributed by atoms with Crippen LogP contribution >= 0.6 is 0 Å². The molecule has 1 aromatic carbocycles. The van der Waals surface area contributed by atoms with Gasteiger partial charge in [0.2, 0.25) is 12.7 Å². The zero-order valence-corrected chi connectivity index (χ0v) is 13.5. The molecule has 1 saturated heterocycles. The summed E-state index contributed by atoms with van der Waals surface area (Å²) in [5.74, 6) is 1.22. The second-order valence-electron chi connectivity index (χ2n) is 6.00. The van der Waals surface area contributed by atoms with Crippen LogP contribution in [0.25, 0.3) is 0 Å². The predicted octanol–water partition coefficient (Wildman–Crippen LogP) is 1.57. The fourth-order valence-electron chi connectivity index (χ4n) is 2.79. The molecule has 0 spiro atoms. The van der Waals surface area contributed by atoms with Gasteiger partial charge in [-0.15, -0.1) is 0 Å². The fourth-order valence-corrected chi connectivity index (χ4v) is 2.79. The Hall–Kier alpha value is -2.44. The highest BCUT2D eigenvalue weighted by atomic mass is 16.7. The molecule has 0 radical (unpaired) electrons. The maximum Gasteiger partial charge on any atom is 0.318 e. The van der Waals surface area contributed by atoms with E-state index in [2.05, 4.69) is 5.32 Å². The maximum absolute atomic E-state index is 12.7. The van der Waals surface area contributed by atoms with E-state index in [1.54, 1.807) is 28.9 Å². The molecule has 7 heteroatoms. The number of nitrogens with zero attached hydrogens (tertiary/aromatic N) is 2. The SMILES string of the molecule is CC(C)NC(=O)N1CCN(c2ccc3c(c2)OCO3)C(=O)[C@@H]1C. The molecule has 7 nitrogen and oxygen atoms in total. The van der Waals surface area contributed by atoms with Crippen molar-refractivity contribution in [2.24, 2.45) is 0 Å². The first-order chi connectivity index (χ1) is 11.0. The third-order valence-electron chi connectivity index (χ3n) is 4.00. The van der Waals surface area contributed by atoms with Crippen molar-refractivity contribution >= 4 is 17.6 Å². The maximum atomic E-state index is 12.7. The van der Waals surface area contributed by atoms with Crippen LogP contribution in [-0.2, 0) is 4.79 Å². The zero-order valence-electron chi connectivity index (χ0n) is 13.5. The molecule has 1 aromatic rings. The molecule has 0 saturated carbocycles. The molecule has 0 unspecified atom stereocenters. The molecule has 3 amide bonds. The van der Waals surface area contributed by atoms with E-state index in [1.807, 2.05) is 19.9 Å². The topological polar surface area (TPSA) is 71.1 Å². The van der Waals surface area contributed by atoms with Crippen LogP contribution in [0.4, 0.5) is 10.5 Å². The Morgan fingerprint density at radius 3 is 2.74 bits per heavy atom. The molecule has 124 valence electrons. The van der Waals surface area contributed by atoms with Gasteiger partial charge in [0, 0.05) is 30.9 Å². The molecule has 2 aliphatic rings. The van der Waals surface area contributed by atoms with Crippen LogP contribution < -0.4 is 19.7 Å². The summed E-state index contributed by atoms with van der Waals surface area (Å²) in [6, 6.07) is 4.77. The molecule has 23 heavy (non-hydrogen) atoms. The quantitative estimate of drug-likeness (QED) is 0.898. The molecule has 2 heterocycles. The number of fused-ring (bicyclic) bond motifs is 1. The minimum atomic E-state index is -0.507. The lowest BCUT2D eigenvalue weighted by atomic mass is 10.1. The van der Waals surface area contributed by atoms with E-state index in [-0.39, 0.29) is 24.8 Å². The van der Waals surface area contributed by atoms with Crippen molar-refractivity contribution in [3.8, 4) is 11.5 Å². The molecule has 0 aliphatic carbocycles. The number of amides is 3. The van der Waals surface area contributed by atoms with Crippen LogP contribution in [-0.4, -0.2) is 48.8 Å². The number of hydrogen-bond acceptors (Lipinski definition) is 4. The second kappa shape index (κ2) is 5.98. The third kappa shape index (κ3) is 2.91. The summed E-state index contributed by atoms with van der Waals surface area (Å²) in [7, 11) is 0. The van der Waals surface area contributed by atoms with Gasteiger partial charge in [-0.25, -0.2) is 4.79 Å². The standard InChI is InChI=1S/C16H21N3O4/c1-10(2)17-16(21)18-6-7-19(15(20)11(18)3)12-4-5-13-14(8-12)23-9-22-13/h4-5,8,10-11H,6-7,9H2,1-3H3,(H,17,21)/t11-/m0/s1. The lowest BCUT2D eigenvalue weighted by molar-refractivity contribution is -0.124. The Kier molecular flexibility index (Phi) is 4.02. The summed E-state index contributed by atoms with van der Waals surface area (Å²) >= 11 is 0. The van der Waals surface area contributed by atoms with E-state index in [4.69, 9.17) is 9.47 Å². The summed E-state index contributed by atoms with van der Waals surface area (Å²) in [6.07, 6.45) is 0. The normalized spacial score (nSPS) is 20.2. The van der Waals surface area contributed by atoms with Crippen molar-refractivity contribution in [1.29, 1.82) is 0 Å². The van der Waals surface area contributed by atoms with Gasteiger partial charge >= 0.3 is 6.03 Å². The first-order valence-electron chi connectivity index (χ1n) is 7.75. The predicted molar refractivity (Wildman–Crippen MR) is 84.8 cm³/mol. The van der Waals surface area contributed by atoms with Gasteiger partial charge in [-0.2, -0.15) is 0 Å². The molecular formula is C16H21N3O4. The highest BCUT2D eigenvalue weighted by molar-refractivity contribution is 6.00. The van der Waals surface area contributed by atoms with Crippen molar-refractivity contribution < 1.29 is 19.1 Å². The van der Waals surface area contributed by atoms with Crippen LogP contribution in [0.5, 0.6) is 11.5 Å². The van der Waals surface area contributed by atoms with E-state index in [9.17, 15) is 9.59 Å². The molecule has 1 fully saturated rings. The molecule has 0 aromatic heterocycles. The number of anilines is 1. The van der Waals surface area contributed by atoms with Crippen LogP contribution in [0.1, 0.15) is 20.8 Å². The number of piperazine rings is 1. The number of urea groups is 1. The van der Waals surface area contributed by atoms with Crippen LogP contribution in [0.15, 0.2) is 18.2 Å². The van der Waals surface area contributed by atoms with Gasteiger partial charge in [-0.3, -0.25) is 4.79 Å². The molecule has 1 N–H and O–H groups in total. The number of carbonyl (C=O) groups excluding carboxylic acids is 2. The van der Waals surface area contributed by atoms with Crippen LogP contribution in [0.3, 0.4) is 0 Å². The highest BCUT2D eigenvalue weighted by Gasteiger charge is 2.35. The van der Waals surface area contributed by atoms with Gasteiger partial charge in [-0.1, -0.05) is 0 Å². The molecular weight excluding hydrogens is 298 g/mol. The number of benzene rings is 1. The van der Waals surface area contributed by atoms with E-state index in [1.165, 1.54) is 0 Å². The minimum Gasteiger partial charge on any atom is -0.454 e. The van der Waals surface area contributed by atoms with Crippen molar-refractivity contribution in [3.63, 3.8) is 0 Å². The Balaban J connectivity index is 1.75. The fraction of sp³-hybridized carbons (Fsp3) is 0.500. The number of rotatable bonds is 2. The third-order valence-corrected chi connectivity index (χ3v) is 4.00. The van der Waals surface area contributed by atoms with E-state index in [0.29, 0.717) is 24.6 Å². The smallest absolute Gasteiger partial charge is 0.318 e. The Morgan fingerprint density at radius 2 is 2.00 bits per heavy atom. The molecule has 2 aliphatic heterocycles. The molecule has 3 rings (SSSR count). The number of ether oxygens (including phenoxy) is 2. The summed E-state index contributed by atoms with van der Waals surface area (Å²) in [5, 5.41) is 2.83.